The van der Waals surface area contributed by atoms with E-state index >= 15 is 0 Å². The van der Waals surface area contributed by atoms with Gasteiger partial charge in [0.15, 0.2) is 0 Å². The summed E-state index contributed by atoms with van der Waals surface area (Å²) < 4.78 is 18.9. The maximum absolute atomic E-state index is 13.1. The van der Waals surface area contributed by atoms with Gasteiger partial charge in [0.1, 0.15) is 5.82 Å². The van der Waals surface area contributed by atoms with Gasteiger partial charge in [-0.25, -0.2) is 4.39 Å². The van der Waals surface area contributed by atoms with E-state index in [1.807, 2.05) is 20.0 Å². The van der Waals surface area contributed by atoms with Gasteiger partial charge in [-0.1, -0.05) is 13.0 Å². The SMILES string of the molecule is CNC(Cc1ccc(F)cc1C)C1OCCC1C. The largest absolute Gasteiger partial charge is 0.376 e. The van der Waals surface area contributed by atoms with Crippen molar-refractivity contribution in [3.8, 4) is 0 Å². The summed E-state index contributed by atoms with van der Waals surface area (Å²) in [6, 6.07) is 5.32. The van der Waals surface area contributed by atoms with Gasteiger partial charge in [-0.05, 0) is 56.0 Å². The van der Waals surface area contributed by atoms with Crippen LogP contribution in [-0.2, 0) is 11.2 Å². The van der Waals surface area contributed by atoms with Crippen molar-refractivity contribution in [2.24, 2.45) is 5.92 Å². The zero-order valence-electron chi connectivity index (χ0n) is 11.4. The van der Waals surface area contributed by atoms with Crippen molar-refractivity contribution in [2.75, 3.05) is 13.7 Å². The minimum absolute atomic E-state index is 0.164. The lowest BCUT2D eigenvalue weighted by Crippen LogP contribution is -2.42. The molecule has 0 aromatic heterocycles. The predicted molar refractivity (Wildman–Crippen MR) is 71.2 cm³/mol. The molecule has 3 heteroatoms. The number of likely N-dealkylation sites (N-methyl/N-ethyl adjacent to an activating group) is 1. The molecule has 1 aliphatic heterocycles. The van der Waals surface area contributed by atoms with Crippen LogP contribution in [0.25, 0.3) is 0 Å². The van der Waals surface area contributed by atoms with E-state index in [1.54, 1.807) is 6.07 Å². The van der Waals surface area contributed by atoms with Crippen molar-refractivity contribution >= 4 is 0 Å². The molecule has 100 valence electrons. The van der Waals surface area contributed by atoms with Gasteiger partial charge >= 0.3 is 0 Å². The highest BCUT2D eigenvalue weighted by molar-refractivity contribution is 5.27. The third-order valence-electron chi connectivity index (χ3n) is 3.96. The average molecular weight is 251 g/mol. The Morgan fingerprint density at radius 2 is 2.28 bits per heavy atom. The lowest BCUT2D eigenvalue weighted by atomic mass is 9.91. The number of halogens is 1. The van der Waals surface area contributed by atoms with Crippen molar-refractivity contribution < 1.29 is 9.13 Å². The van der Waals surface area contributed by atoms with Crippen molar-refractivity contribution in [2.45, 2.75) is 38.8 Å². The summed E-state index contributed by atoms with van der Waals surface area (Å²) >= 11 is 0. The molecule has 1 saturated heterocycles. The van der Waals surface area contributed by atoms with Crippen LogP contribution in [0.15, 0.2) is 18.2 Å². The minimum Gasteiger partial charge on any atom is -0.376 e. The molecule has 0 saturated carbocycles. The Labute approximate surface area is 109 Å². The number of nitrogens with one attached hydrogen (secondary N) is 1. The van der Waals surface area contributed by atoms with E-state index in [4.69, 9.17) is 4.74 Å². The van der Waals surface area contributed by atoms with E-state index in [1.165, 1.54) is 11.6 Å². The molecule has 2 rings (SSSR count). The molecule has 1 aromatic carbocycles. The second-order valence-corrected chi connectivity index (χ2v) is 5.27. The zero-order chi connectivity index (χ0) is 13.1. The highest BCUT2D eigenvalue weighted by Gasteiger charge is 2.31. The van der Waals surface area contributed by atoms with Gasteiger partial charge in [-0.3, -0.25) is 0 Å². The molecule has 1 aliphatic rings. The van der Waals surface area contributed by atoms with Crippen LogP contribution in [0.4, 0.5) is 4.39 Å². The first kappa shape index (κ1) is 13.5. The molecule has 1 aromatic rings. The molecular weight excluding hydrogens is 229 g/mol. The summed E-state index contributed by atoms with van der Waals surface area (Å²) in [5.74, 6) is 0.422. The third-order valence-corrected chi connectivity index (χ3v) is 3.96. The predicted octanol–water partition coefficient (Wildman–Crippen LogP) is 2.69. The molecule has 2 nitrogen and oxygen atoms in total. The summed E-state index contributed by atoms with van der Waals surface area (Å²) in [4.78, 5) is 0. The fraction of sp³-hybridized carbons (Fsp3) is 0.600. The molecule has 3 atom stereocenters. The number of rotatable bonds is 4. The normalized spacial score (nSPS) is 25.3. The van der Waals surface area contributed by atoms with Crippen LogP contribution in [0.2, 0.25) is 0 Å². The molecule has 3 unspecified atom stereocenters. The van der Waals surface area contributed by atoms with Crippen molar-refractivity contribution in [3.63, 3.8) is 0 Å². The fourth-order valence-corrected chi connectivity index (χ4v) is 2.74. The Hall–Kier alpha value is -0.930. The van der Waals surface area contributed by atoms with E-state index in [0.717, 1.165) is 25.0 Å². The number of benzene rings is 1. The Balaban J connectivity index is 2.10. The van der Waals surface area contributed by atoms with Gasteiger partial charge in [0, 0.05) is 12.6 Å². The first-order valence-corrected chi connectivity index (χ1v) is 6.65. The molecule has 1 heterocycles. The van der Waals surface area contributed by atoms with E-state index in [-0.39, 0.29) is 11.9 Å². The zero-order valence-corrected chi connectivity index (χ0v) is 11.4. The highest BCUT2D eigenvalue weighted by Crippen LogP contribution is 2.25. The second-order valence-electron chi connectivity index (χ2n) is 5.27. The van der Waals surface area contributed by atoms with Gasteiger partial charge in [0.05, 0.1) is 6.10 Å². The number of hydrogen-bond donors (Lipinski definition) is 1. The van der Waals surface area contributed by atoms with Crippen LogP contribution >= 0.6 is 0 Å². The van der Waals surface area contributed by atoms with Gasteiger partial charge in [-0.15, -0.1) is 0 Å². The molecule has 0 spiro atoms. The summed E-state index contributed by atoms with van der Waals surface area (Å²) in [6.45, 7) is 5.05. The van der Waals surface area contributed by atoms with Crippen molar-refractivity contribution in [1.29, 1.82) is 0 Å². The van der Waals surface area contributed by atoms with Gasteiger partial charge in [-0.2, -0.15) is 0 Å². The number of ether oxygens (including phenoxy) is 1. The summed E-state index contributed by atoms with van der Waals surface area (Å²) in [5.41, 5.74) is 2.21. The van der Waals surface area contributed by atoms with Crippen LogP contribution < -0.4 is 5.32 Å². The Kier molecular flexibility index (Phi) is 4.36. The average Bonchev–Trinajstić information content (AvgIpc) is 2.75. The first-order valence-electron chi connectivity index (χ1n) is 6.65. The van der Waals surface area contributed by atoms with Gasteiger partial charge in [0.2, 0.25) is 0 Å². The third kappa shape index (κ3) is 2.90. The molecule has 0 bridgehead atoms. The van der Waals surface area contributed by atoms with Crippen molar-refractivity contribution in [3.05, 3.63) is 35.1 Å². The molecule has 0 aliphatic carbocycles. The topological polar surface area (TPSA) is 21.3 Å². The highest BCUT2D eigenvalue weighted by atomic mass is 19.1. The second kappa shape index (κ2) is 5.81. The number of aryl methyl sites for hydroxylation is 1. The van der Waals surface area contributed by atoms with E-state index < -0.39 is 0 Å². The van der Waals surface area contributed by atoms with Crippen LogP contribution in [0.1, 0.15) is 24.5 Å². The fourth-order valence-electron chi connectivity index (χ4n) is 2.74. The maximum Gasteiger partial charge on any atom is 0.123 e. The standard InChI is InChI=1S/C15H22FNO/c1-10-6-7-18-15(10)14(17-3)9-12-4-5-13(16)8-11(12)2/h4-5,8,10,14-15,17H,6-7,9H2,1-3H3. The molecule has 18 heavy (non-hydrogen) atoms. The van der Waals surface area contributed by atoms with E-state index in [2.05, 4.69) is 12.2 Å². The molecule has 0 radical (unpaired) electrons. The Bertz CT molecular complexity index is 407. The summed E-state index contributed by atoms with van der Waals surface area (Å²) in [7, 11) is 1.97. The minimum atomic E-state index is -0.164. The monoisotopic (exact) mass is 251 g/mol. The van der Waals surface area contributed by atoms with Crippen LogP contribution in [0.3, 0.4) is 0 Å². The van der Waals surface area contributed by atoms with Crippen LogP contribution in [-0.4, -0.2) is 25.8 Å². The summed E-state index contributed by atoms with van der Waals surface area (Å²) in [6.07, 6.45) is 2.28. The Morgan fingerprint density at radius 3 is 2.83 bits per heavy atom. The molecule has 1 fully saturated rings. The maximum atomic E-state index is 13.1. The Morgan fingerprint density at radius 1 is 1.50 bits per heavy atom. The first-order chi connectivity index (χ1) is 8.61. The molecule has 0 amide bonds. The lowest BCUT2D eigenvalue weighted by molar-refractivity contribution is 0.0633. The smallest absolute Gasteiger partial charge is 0.123 e. The van der Waals surface area contributed by atoms with Crippen molar-refractivity contribution in [1.82, 2.24) is 5.32 Å². The van der Waals surface area contributed by atoms with Gasteiger partial charge in [0.25, 0.3) is 0 Å². The van der Waals surface area contributed by atoms with Gasteiger partial charge < -0.3 is 10.1 Å². The van der Waals surface area contributed by atoms with Crippen LogP contribution in [0, 0.1) is 18.7 Å². The number of hydrogen-bond acceptors (Lipinski definition) is 2. The van der Waals surface area contributed by atoms with Crippen LogP contribution in [0.5, 0.6) is 0 Å². The quantitative estimate of drug-likeness (QED) is 0.888. The summed E-state index contributed by atoms with van der Waals surface area (Å²) in [5, 5.41) is 3.35. The van der Waals surface area contributed by atoms with E-state index in [9.17, 15) is 4.39 Å². The lowest BCUT2D eigenvalue weighted by Gasteiger charge is -2.26. The molecular formula is C15H22FNO. The van der Waals surface area contributed by atoms with E-state index in [0.29, 0.717) is 12.0 Å². The molecule has 1 N–H and O–H groups in total.